The van der Waals surface area contributed by atoms with Gasteiger partial charge >= 0.3 is 17.1 Å². The number of aliphatic carboxylic acids is 2. The Hall–Kier alpha value is -0.431. The van der Waals surface area contributed by atoms with Crippen molar-refractivity contribution in [1.29, 1.82) is 0 Å². The molecule has 0 saturated heterocycles. The normalized spacial score (nSPS) is 8.58. The molecule has 0 bridgehead atoms. The van der Waals surface area contributed by atoms with Gasteiger partial charge in [0.2, 0.25) is 0 Å². The van der Waals surface area contributed by atoms with E-state index in [2.05, 4.69) is 0 Å². The van der Waals surface area contributed by atoms with Gasteiger partial charge in [-0.25, -0.2) is 0 Å². The van der Waals surface area contributed by atoms with E-state index >= 15 is 0 Å². The third-order valence-electron chi connectivity index (χ3n) is 0.167. The predicted molar refractivity (Wildman–Crippen MR) is 17.6 cm³/mol. The Bertz CT molecular complexity index is 173. The summed E-state index contributed by atoms with van der Waals surface area (Å²) in [6, 6.07) is 0. The van der Waals surface area contributed by atoms with Gasteiger partial charge in [0.1, 0.15) is 0 Å². The molecule has 0 aromatic rings. The van der Waals surface area contributed by atoms with Crippen LogP contribution in [0, 0.1) is 0 Å². The fraction of sp³-hybridized carbons (Fsp3) is 0. The number of rotatable bonds is 0. The number of carboxylic acids is 2. The maximum Gasteiger partial charge on any atom is 5.00 e. The van der Waals surface area contributed by atoms with Crippen LogP contribution in [0.3, 0.4) is 0 Å². The molecule has 69 valence electrons. The van der Waals surface area contributed by atoms with Crippen LogP contribution in [0.5, 0.6) is 0 Å². The maximum atomic E-state index is 8.93. The zero-order valence-corrected chi connectivity index (χ0v) is 7.07. The van der Waals surface area contributed by atoms with E-state index in [9.17, 15) is 0 Å². The van der Waals surface area contributed by atoms with Crippen molar-refractivity contribution in [2.45, 2.75) is 0 Å². The van der Waals surface area contributed by atoms with Gasteiger partial charge in [-0.2, -0.15) is 7.82 Å². The molecule has 10 heteroatoms. The zero-order valence-electron chi connectivity index (χ0n) is 5.07. The van der Waals surface area contributed by atoms with E-state index in [0.29, 0.717) is 0 Å². The molecule has 0 fully saturated rings. The average molecular weight is 239 g/mol. The minimum absolute atomic E-state index is 0. The molecule has 0 aliphatic heterocycles. The molecule has 0 aliphatic rings. The number of hydrogen-bond donors (Lipinski definition) is 0. The Morgan fingerprint density at radius 1 is 0.917 bits per heavy atom. The summed E-state index contributed by atoms with van der Waals surface area (Å²) in [5, 5.41) is 17.9. The van der Waals surface area contributed by atoms with Crippen molar-refractivity contribution in [3.8, 4) is 0 Å². The van der Waals surface area contributed by atoms with Crippen molar-refractivity contribution in [2.24, 2.45) is 0 Å². The molecule has 0 amide bonds. The summed E-state index contributed by atoms with van der Waals surface area (Å²) in [4.78, 5) is 43.5. The van der Waals surface area contributed by atoms with Gasteiger partial charge in [-0.15, -0.1) is 0 Å². The van der Waals surface area contributed by atoms with Crippen LogP contribution in [-0.4, -0.2) is 11.9 Å². The number of carboxylic acid groups (broad SMARTS) is 2. The number of carbonyl (C=O) groups is 2. The second-order valence-corrected chi connectivity index (χ2v) is 1.92. The second kappa shape index (κ2) is 7.23. The maximum absolute atomic E-state index is 8.93. The summed E-state index contributed by atoms with van der Waals surface area (Å²) >= 11 is 0. The number of hydrogen-bond acceptors (Lipinski definition) is 8. The molecule has 0 aromatic carbocycles. The summed E-state index contributed by atoms with van der Waals surface area (Å²) in [7, 11) is -5.39. The Kier molecular flexibility index (Phi) is 10.6. The first-order chi connectivity index (χ1) is 4.64. The van der Waals surface area contributed by atoms with Crippen molar-refractivity contribution in [1.82, 2.24) is 0 Å². The van der Waals surface area contributed by atoms with Crippen LogP contribution in [0.2, 0.25) is 0 Å². The first-order valence-corrected chi connectivity index (χ1v) is 3.26. The molecule has 8 nitrogen and oxygen atoms in total. The summed E-state index contributed by atoms with van der Waals surface area (Å²) in [5.74, 6) is -4.37. The summed E-state index contributed by atoms with van der Waals surface area (Å²) in [5.41, 5.74) is 0. The topological polar surface area (TPSA) is 167 Å². The van der Waals surface area contributed by atoms with Gasteiger partial charge in [-0.1, -0.05) is 0 Å². The molecule has 0 aromatic heterocycles. The largest absolute Gasteiger partial charge is 5.00 e. The van der Waals surface area contributed by atoms with Crippen LogP contribution in [-0.2, 0) is 31.2 Å². The molecule has 0 unspecified atom stereocenters. The molecule has 0 aliphatic carbocycles. The average Bonchev–Trinajstić information content (AvgIpc) is 1.59. The van der Waals surface area contributed by atoms with Gasteiger partial charge in [0.25, 0.3) is 0 Å². The Morgan fingerprint density at radius 2 is 1.00 bits per heavy atom. The Morgan fingerprint density at radius 3 is 1.00 bits per heavy atom. The van der Waals surface area contributed by atoms with Crippen LogP contribution in [0.4, 0.5) is 0 Å². The van der Waals surface area contributed by atoms with Gasteiger partial charge in [0, 0.05) is 0 Å². The third-order valence-corrected chi connectivity index (χ3v) is 0.167. The molecule has 0 heterocycles. The monoisotopic (exact) mass is 239 g/mol. The molecular weight excluding hydrogens is 239 g/mol. The van der Waals surface area contributed by atoms with Crippen LogP contribution in [0.25, 0.3) is 0 Å². The van der Waals surface area contributed by atoms with E-state index in [0.717, 1.165) is 0 Å². The molecule has 0 atom stereocenters. The van der Waals surface area contributed by atoms with Crippen LogP contribution in [0.15, 0.2) is 0 Å². The van der Waals surface area contributed by atoms with Gasteiger partial charge in [0.15, 0.2) is 0 Å². The predicted octanol–water partition coefficient (Wildman–Crippen LogP) is -6.34. The minimum atomic E-state index is -5.39. The van der Waals surface area contributed by atoms with Crippen LogP contribution < -0.4 is 24.9 Å². The van der Waals surface area contributed by atoms with E-state index < -0.39 is 19.8 Å². The van der Waals surface area contributed by atoms with Crippen molar-refractivity contribution in [3.05, 3.63) is 0 Å². The van der Waals surface area contributed by atoms with E-state index in [4.69, 9.17) is 39.0 Å². The SMILES string of the molecule is O=C([O-])C(=O)[O-].O=P([O-])([O-])[O-].[Fe+5]. The van der Waals surface area contributed by atoms with Gasteiger partial charge in [0.05, 0.1) is 11.9 Å². The van der Waals surface area contributed by atoms with Crippen molar-refractivity contribution in [2.75, 3.05) is 0 Å². The van der Waals surface area contributed by atoms with Crippen molar-refractivity contribution in [3.63, 3.8) is 0 Å². The molecule has 0 N–H and O–H groups in total. The van der Waals surface area contributed by atoms with Crippen LogP contribution in [0.1, 0.15) is 0 Å². The van der Waals surface area contributed by atoms with E-state index in [-0.39, 0.29) is 17.1 Å². The Balaban J connectivity index is -0.000000126. The standard InChI is InChI=1S/C2H2O4.Fe.H3O4P/c3-1(4)2(5)6;;1-5(2,3)4/h(H,3,4)(H,5,6);;(H3,1,2,3,4)/q;+5;/p-5. The molecule has 0 saturated carbocycles. The van der Waals surface area contributed by atoms with Gasteiger partial charge in [-0.3, -0.25) is 0 Å². The van der Waals surface area contributed by atoms with E-state index in [1.54, 1.807) is 0 Å². The van der Waals surface area contributed by atoms with Crippen molar-refractivity contribution < 1.29 is 56.1 Å². The summed E-state index contributed by atoms with van der Waals surface area (Å²) < 4.78 is 8.55. The molecule has 0 rings (SSSR count). The minimum Gasteiger partial charge on any atom is -0.822 e. The second-order valence-electron chi connectivity index (χ2n) is 1.02. The van der Waals surface area contributed by atoms with E-state index in [1.807, 2.05) is 0 Å². The van der Waals surface area contributed by atoms with Crippen LogP contribution >= 0.6 is 7.82 Å². The molecule has 0 spiro atoms. The number of carbonyl (C=O) groups excluding carboxylic acids is 2. The smallest absolute Gasteiger partial charge is 0.822 e. The summed E-state index contributed by atoms with van der Waals surface area (Å²) in [6.07, 6.45) is 0. The Labute approximate surface area is 76.5 Å². The first-order valence-electron chi connectivity index (χ1n) is 1.80. The van der Waals surface area contributed by atoms with Gasteiger partial charge < -0.3 is 39.0 Å². The number of phosphoric acid groups is 1. The fourth-order valence-corrected chi connectivity index (χ4v) is 0. The van der Waals surface area contributed by atoms with E-state index in [1.165, 1.54) is 0 Å². The third kappa shape index (κ3) is 55.2. The molecule has 12 heavy (non-hydrogen) atoms. The molecule has 1 radical (unpaired) electrons. The van der Waals surface area contributed by atoms with Gasteiger partial charge in [-0.05, 0) is 0 Å². The first kappa shape index (κ1) is 17.6. The van der Waals surface area contributed by atoms with Crippen molar-refractivity contribution >= 4 is 19.8 Å². The summed E-state index contributed by atoms with van der Waals surface area (Å²) in [6.45, 7) is 0. The quantitative estimate of drug-likeness (QED) is 0.228. The zero-order chi connectivity index (χ0) is 9.65. The molecular formula is C2FeO8P. The fourth-order valence-electron chi connectivity index (χ4n) is 0.